The predicted octanol–water partition coefficient (Wildman–Crippen LogP) is 2.75. The van der Waals surface area contributed by atoms with Gasteiger partial charge in [0.15, 0.2) is 0 Å². The Morgan fingerprint density at radius 2 is 2.06 bits per heavy atom. The largest absolute Gasteiger partial charge is 0.384 e. The highest BCUT2D eigenvalue weighted by atomic mass is 32.2. The zero-order valence-electron chi connectivity index (χ0n) is 9.87. The Balaban J connectivity index is 1.92. The maximum Gasteiger partial charge on any atom is 0.0727 e. The smallest absolute Gasteiger partial charge is 0.0727 e. The molecule has 0 spiro atoms. The SMILES string of the molecule is COCCSCc1ccn(-c2ccccc2)n1. The lowest BCUT2D eigenvalue weighted by Crippen LogP contribution is -1.96. The number of benzene rings is 1. The molecule has 0 aliphatic carbocycles. The van der Waals surface area contributed by atoms with Crippen molar-refractivity contribution in [3.05, 3.63) is 48.3 Å². The molecular formula is C13H16N2OS. The van der Waals surface area contributed by atoms with Crippen molar-refractivity contribution >= 4 is 11.8 Å². The topological polar surface area (TPSA) is 27.1 Å². The van der Waals surface area contributed by atoms with E-state index in [0.717, 1.165) is 29.5 Å². The van der Waals surface area contributed by atoms with Crippen LogP contribution in [0.4, 0.5) is 0 Å². The van der Waals surface area contributed by atoms with Gasteiger partial charge in [-0.25, -0.2) is 4.68 Å². The van der Waals surface area contributed by atoms with Crippen LogP contribution in [-0.2, 0) is 10.5 Å². The van der Waals surface area contributed by atoms with E-state index in [-0.39, 0.29) is 0 Å². The number of methoxy groups -OCH3 is 1. The average molecular weight is 248 g/mol. The number of nitrogens with zero attached hydrogens (tertiary/aromatic N) is 2. The summed E-state index contributed by atoms with van der Waals surface area (Å²) >= 11 is 1.84. The third-order valence-corrected chi connectivity index (χ3v) is 3.30. The van der Waals surface area contributed by atoms with Gasteiger partial charge in [-0.15, -0.1) is 0 Å². The third kappa shape index (κ3) is 3.61. The van der Waals surface area contributed by atoms with E-state index in [1.54, 1.807) is 7.11 Å². The van der Waals surface area contributed by atoms with Gasteiger partial charge in [0.2, 0.25) is 0 Å². The number of rotatable bonds is 6. The molecular weight excluding hydrogens is 232 g/mol. The Kier molecular flexibility index (Phi) is 4.64. The molecule has 0 saturated carbocycles. The molecule has 0 aliphatic rings. The summed E-state index contributed by atoms with van der Waals surface area (Å²) < 4.78 is 6.92. The van der Waals surface area contributed by atoms with Crippen molar-refractivity contribution in [2.45, 2.75) is 5.75 Å². The molecule has 0 radical (unpaired) electrons. The summed E-state index contributed by atoms with van der Waals surface area (Å²) in [7, 11) is 1.73. The minimum absolute atomic E-state index is 0.796. The second-order valence-corrected chi connectivity index (χ2v) is 4.74. The zero-order chi connectivity index (χ0) is 11.9. The molecule has 0 amide bonds. The molecule has 0 saturated heterocycles. The number of hydrogen-bond acceptors (Lipinski definition) is 3. The number of thioether (sulfide) groups is 1. The van der Waals surface area contributed by atoms with Crippen LogP contribution in [0.25, 0.3) is 5.69 Å². The van der Waals surface area contributed by atoms with Crippen LogP contribution in [0.2, 0.25) is 0 Å². The molecule has 2 rings (SSSR count). The summed E-state index contributed by atoms with van der Waals surface area (Å²) in [6.45, 7) is 0.796. The van der Waals surface area contributed by atoms with Gasteiger partial charge in [-0.3, -0.25) is 0 Å². The molecule has 0 aliphatic heterocycles. The Hall–Kier alpha value is -1.26. The number of ether oxygens (including phenoxy) is 1. The number of hydrogen-bond donors (Lipinski definition) is 0. The second kappa shape index (κ2) is 6.47. The number of para-hydroxylation sites is 1. The fraction of sp³-hybridized carbons (Fsp3) is 0.308. The van der Waals surface area contributed by atoms with Crippen molar-refractivity contribution in [1.29, 1.82) is 0 Å². The van der Waals surface area contributed by atoms with Crippen molar-refractivity contribution in [3.63, 3.8) is 0 Å². The van der Waals surface area contributed by atoms with E-state index < -0.39 is 0 Å². The predicted molar refractivity (Wildman–Crippen MR) is 71.6 cm³/mol. The Morgan fingerprint density at radius 3 is 2.82 bits per heavy atom. The van der Waals surface area contributed by atoms with Crippen LogP contribution in [0.5, 0.6) is 0 Å². The van der Waals surface area contributed by atoms with Crippen LogP contribution in [0.3, 0.4) is 0 Å². The Bertz CT molecular complexity index is 442. The molecule has 4 heteroatoms. The third-order valence-electron chi connectivity index (χ3n) is 2.35. The second-order valence-electron chi connectivity index (χ2n) is 3.63. The summed E-state index contributed by atoms with van der Waals surface area (Å²) in [4.78, 5) is 0. The molecule has 0 unspecified atom stereocenters. The Morgan fingerprint density at radius 1 is 1.24 bits per heavy atom. The van der Waals surface area contributed by atoms with Crippen LogP contribution in [0.1, 0.15) is 5.69 Å². The normalized spacial score (nSPS) is 10.6. The monoisotopic (exact) mass is 248 g/mol. The van der Waals surface area contributed by atoms with Gasteiger partial charge in [-0.2, -0.15) is 16.9 Å². The van der Waals surface area contributed by atoms with Gasteiger partial charge in [-0.1, -0.05) is 18.2 Å². The first kappa shape index (κ1) is 12.2. The van der Waals surface area contributed by atoms with E-state index in [0.29, 0.717) is 0 Å². The highest BCUT2D eigenvalue weighted by Crippen LogP contribution is 2.12. The van der Waals surface area contributed by atoms with Gasteiger partial charge >= 0.3 is 0 Å². The molecule has 0 N–H and O–H groups in total. The molecule has 1 aromatic carbocycles. The lowest BCUT2D eigenvalue weighted by Gasteiger charge is -2.00. The van der Waals surface area contributed by atoms with E-state index in [9.17, 15) is 0 Å². The highest BCUT2D eigenvalue weighted by Gasteiger charge is 2.00. The Labute approximate surface area is 106 Å². The molecule has 0 bridgehead atoms. The molecule has 0 atom stereocenters. The van der Waals surface area contributed by atoms with Crippen molar-refractivity contribution in [1.82, 2.24) is 9.78 Å². The maximum absolute atomic E-state index is 5.01. The standard InChI is InChI=1S/C13H16N2OS/c1-16-9-10-17-11-12-7-8-15(14-12)13-5-3-2-4-6-13/h2-8H,9-11H2,1H3. The minimum Gasteiger partial charge on any atom is -0.384 e. The average Bonchev–Trinajstić information content (AvgIpc) is 2.85. The molecule has 1 heterocycles. The molecule has 90 valence electrons. The summed E-state index contributed by atoms with van der Waals surface area (Å²) in [5.41, 5.74) is 2.20. The van der Waals surface area contributed by atoms with Crippen LogP contribution in [0, 0.1) is 0 Å². The fourth-order valence-electron chi connectivity index (χ4n) is 1.48. The van der Waals surface area contributed by atoms with Gasteiger partial charge in [0.25, 0.3) is 0 Å². The van der Waals surface area contributed by atoms with E-state index >= 15 is 0 Å². The van der Waals surface area contributed by atoms with E-state index in [1.807, 2.05) is 40.8 Å². The fourth-order valence-corrected chi connectivity index (χ4v) is 2.27. The van der Waals surface area contributed by atoms with Gasteiger partial charge < -0.3 is 4.74 Å². The summed E-state index contributed by atoms with van der Waals surface area (Å²) in [6.07, 6.45) is 2.00. The van der Waals surface area contributed by atoms with Crippen molar-refractivity contribution in [2.24, 2.45) is 0 Å². The molecule has 0 fully saturated rings. The van der Waals surface area contributed by atoms with Crippen molar-refractivity contribution in [2.75, 3.05) is 19.5 Å². The first-order chi connectivity index (χ1) is 8.40. The zero-order valence-corrected chi connectivity index (χ0v) is 10.7. The van der Waals surface area contributed by atoms with E-state index in [4.69, 9.17) is 4.74 Å². The summed E-state index contributed by atoms with van der Waals surface area (Å²) in [6, 6.07) is 12.2. The van der Waals surface area contributed by atoms with Crippen LogP contribution < -0.4 is 0 Å². The number of aromatic nitrogens is 2. The van der Waals surface area contributed by atoms with E-state index in [2.05, 4.69) is 23.3 Å². The summed E-state index contributed by atoms with van der Waals surface area (Å²) in [5.74, 6) is 1.94. The van der Waals surface area contributed by atoms with Gasteiger partial charge in [0.05, 0.1) is 18.0 Å². The quantitative estimate of drug-likeness (QED) is 0.736. The van der Waals surface area contributed by atoms with Gasteiger partial charge in [0, 0.05) is 24.8 Å². The first-order valence-electron chi connectivity index (χ1n) is 5.57. The van der Waals surface area contributed by atoms with Gasteiger partial charge in [-0.05, 0) is 18.2 Å². The molecule has 1 aromatic heterocycles. The van der Waals surface area contributed by atoms with Gasteiger partial charge in [0.1, 0.15) is 0 Å². The molecule has 2 aromatic rings. The molecule has 3 nitrogen and oxygen atoms in total. The highest BCUT2D eigenvalue weighted by molar-refractivity contribution is 7.98. The minimum atomic E-state index is 0.796. The van der Waals surface area contributed by atoms with Crippen LogP contribution >= 0.6 is 11.8 Å². The lowest BCUT2D eigenvalue weighted by atomic mass is 10.3. The van der Waals surface area contributed by atoms with Crippen molar-refractivity contribution < 1.29 is 4.74 Å². The van der Waals surface area contributed by atoms with E-state index in [1.165, 1.54) is 0 Å². The maximum atomic E-state index is 5.01. The summed E-state index contributed by atoms with van der Waals surface area (Å²) in [5, 5.41) is 4.53. The molecule has 17 heavy (non-hydrogen) atoms. The van der Waals surface area contributed by atoms with Crippen molar-refractivity contribution in [3.8, 4) is 5.69 Å². The van der Waals surface area contributed by atoms with Crippen LogP contribution in [0.15, 0.2) is 42.6 Å². The first-order valence-corrected chi connectivity index (χ1v) is 6.72. The van der Waals surface area contributed by atoms with Crippen LogP contribution in [-0.4, -0.2) is 29.3 Å². The lowest BCUT2D eigenvalue weighted by molar-refractivity contribution is 0.218.